The SMILES string of the molecule is CCNc1nc(Cc2ccncc2)nc(C2CC2)c1I. The maximum atomic E-state index is 4.79. The lowest BCUT2D eigenvalue weighted by Crippen LogP contribution is -2.09. The van der Waals surface area contributed by atoms with Crippen LogP contribution in [0.3, 0.4) is 0 Å². The second-order valence-corrected chi connectivity index (χ2v) is 6.10. The summed E-state index contributed by atoms with van der Waals surface area (Å²) in [7, 11) is 0. The van der Waals surface area contributed by atoms with E-state index in [1.807, 2.05) is 24.5 Å². The highest BCUT2D eigenvalue weighted by Gasteiger charge is 2.29. The summed E-state index contributed by atoms with van der Waals surface area (Å²) in [6.45, 7) is 2.98. The van der Waals surface area contributed by atoms with Crippen molar-refractivity contribution < 1.29 is 0 Å². The van der Waals surface area contributed by atoms with E-state index < -0.39 is 0 Å². The van der Waals surface area contributed by atoms with Crippen molar-refractivity contribution in [3.8, 4) is 0 Å². The Labute approximate surface area is 132 Å². The van der Waals surface area contributed by atoms with Gasteiger partial charge in [-0.3, -0.25) is 4.98 Å². The molecule has 1 aliphatic carbocycles. The Morgan fingerprint density at radius 1 is 1.25 bits per heavy atom. The van der Waals surface area contributed by atoms with Crippen LogP contribution in [-0.4, -0.2) is 21.5 Å². The Kier molecular flexibility index (Phi) is 4.14. The molecule has 5 heteroatoms. The van der Waals surface area contributed by atoms with Crippen LogP contribution in [0.2, 0.25) is 0 Å². The van der Waals surface area contributed by atoms with Gasteiger partial charge in [0.2, 0.25) is 0 Å². The van der Waals surface area contributed by atoms with Gasteiger partial charge < -0.3 is 5.32 Å². The molecule has 2 heterocycles. The minimum atomic E-state index is 0.637. The Morgan fingerprint density at radius 3 is 2.65 bits per heavy atom. The fraction of sp³-hybridized carbons (Fsp3) is 0.400. The Bertz CT molecular complexity index is 596. The normalized spacial score (nSPS) is 14.3. The molecule has 4 nitrogen and oxygen atoms in total. The molecule has 2 aromatic heterocycles. The van der Waals surface area contributed by atoms with Gasteiger partial charge in [0, 0.05) is 31.3 Å². The average Bonchev–Trinajstić information content (AvgIpc) is 3.28. The fourth-order valence-corrected chi connectivity index (χ4v) is 3.06. The van der Waals surface area contributed by atoms with Gasteiger partial charge in [-0.05, 0) is 60.1 Å². The molecule has 3 rings (SSSR count). The van der Waals surface area contributed by atoms with E-state index in [1.54, 1.807) is 0 Å². The molecule has 20 heavy (non-hydrogen) atoms. The van der Waals surface area contributed by atoms with E-state index in [0.29, 0.717) is 5.92 Å². The van der Waals surface area contributed by atoms with Crippen molar-refractivity contribution in [2.24, 2.45) is 0 Å². The molecule has 1 aliphatic rings. The first-order valence-electron chi connectivity index (χ1n) is 6.97. The third-order valence-electron chi connectivity index (χ3n) is 3.34. The summed E-state index contributed by atoms with van der Waals surface area (Å²) in [5.41, 5.74) is 2.42. The van der Waals surface area contributed by atoms with E-state index in [-0.39, 0.29) is 0 Å². The Balaban J connectivity index is 1.93. The van der Waals surface area contributed by atoms with Crippen molar-refractivity contribution in [2.75, 3.05) is 11.9 Å². The molecule has 104 valence electrons. The lowest BCUT2D eigenvalue weighted by molar-refractivity contribution is 0.886. The number of nitrogens with one attached hydrogen (secondary N) is 1. The predicted molar refractivity (Wildman–Crippen MR) is 87.9 cm³/mol. The average molecular weight is 380 g/mol. The Morgan fingerprint density at radius 2 is 2.00 bits per heavy atom. The van der Waals surface area contributed by atoms with E-state index >= 15 is 0 Å². The number of hydrogen-bond acceptors (Lipinski definition) is 4. The van der Waals surface area contributed by atoms with Gasteiger partial charge in [0.1, 0.15) is 11.6 Å². The quantitative estimate of drug-likeness (QED) is 0.809. The van der Waals surface area contributed by atoms with E-state index in [9.17, 15) is 0 Å². The van der Waals surface area contributed by atoms with Crippen LogP contribution in [0.15, 0.2) is 24.5 Å². The molecule has 0 aromatic carbocycles. The molecular weight excluding hydrogens is 363 g/mol. The zero-order valence-electron chi connectivity index (χ0n) is 11.4. The minimum absolute atomic E-state index is 0.637. The maximum absolute atomic E-state index is 4.79. The second-order valence-electron chi connectivity index (χ2n) is 5.02. The second kappa shape index (κ2) is 6.03. The van der Waals surface area contributed by atoms with Crippen molar-refractivity contribution in [3.05, 3.63) is 45.2 Å². The number of pyridine rings is 1. The molecule has 0 bridgehead atoms. The zero-order valence-corrected chi connectivity index (χ0v) is 13.6. The topological polar surface area (TPSA) is 50.7 Å². The van der Waals surface area contributed by atoms with Gasteiger partial charge in [0.25, 0.3) is 0 Å². The summed E-state index contributed by atoms with van der Waals surface area (Å²) in [5.74, 6) is 2.52. The summed E-state index contributed by atoms with van der Waals surface area (Å²) in [6.07, 6.45) is 6.90. The smallest absolute Gasteiger partial charge is 0.143 e. The van der Waals surface area contributed by atoms with Gasteiger partial charge in [-0.25, -0.2) is 9.97 Å². The highest BCUT2D eigenvalue weighted by Crippen LogP contribution is 2.42. The summed E-state index contributed by atoms with van der Waals surface area (Å²) in [6, 6.07) is 4.04. The number of nitrogens with zero attached hydrogens (tertiary/aromatic N) is 3. The summed E-state index contributed by atoms with van der Waals surface area (Å²) < 4.78 is 1.19. The van der Waals surface area contributed by atoms with Gasteiger partial charge in [-0.15, -0.1) is 0 Å². The Hall–Kier alpha value is -1.24. The largest absolute Gasteiger partial charge is 0.369 e. The molecule has 1 N–H and O–H groups in total. The molecule has 1 fully saturated rings. The maximum Gasteiger partial charge on any atom is 0.143 e. The number of hydrogen-bond donors (Lipinski definition) is 1. The van der Waals surface area contributed by atoms with Crippen LogP contribution >= 0.6 is 22.6 Å². The van der Waals surface area contributed by atoms with Crippen molar-refractivity contribution in [3.63, 3.8) is 0 Å². The summed E-state index contributed by atoms with van der Waals surface area (Å²) >= 11 is 2.37. The van der Waals surface area contributed by atoms with Crippen LogP contribution in [0.4, 0.5) is 5.82 Å². The molecule has 2 aromatic rings. The summed E-state index contributed by atoms with van der Waals surface area (Å²) in [5, 5.41) is 3.35. The molecule has 0 unspecified atom stereocenters. The molecule has 1 saturated carbocycles. The fourth-order valence-electron chi connectivity index (χ4n) is 2.19. The lowest BCUT2D eigenvalue weighted by atomic mass is 10.2. The van der Waals surface area contributed by atoms with E-state index in [4.69, 9.17) is 4.98 Å². The molecule has 0 radical (unpaired) electrons. The van der Waals surface area contributed by atoms with E-state index in [0.717, 1.165) is 24.6 Å². The number of aromatic nitrogens is 3. The molecular formula is C15H17IN4. The third-order valence-corrected chi connectivity index (χ3v) is 4.41. The van der Waals surface area contributed by atoms with Crippen LogP contribution in [0.25, 0.3) is 0 Å². The molecule has 0 amide bonds. The third kappa shape index (κ3) is 3.08. The number of anilines is 1. The van der Waals surface area contributed by atoms with Crippen LogP contribution < -0.4 is 5.32 Å². The lowest BCUT2D eigenvalue weighted by Gasteiger charge is -2.12. The van der Waals surface area contributed by atoms with Crippen LogP contribution in [0, 0.1) is 3.57 Å². The molecule has 0 atom stereocenters. The van der Waals surface area contributed by atoms with Crippen LogP contribution in [-0.2, 0) is 6.42 Å². The van der Waals surface area contributed by atoms with Gasteiger partial charge in [-0.2, -0.15) is 0 Å². The molecule has 0 saturated heterocycles. The first-order valence-corrected chi connectivity index (χ1v) is 8.05. The van der Waals surface area contributed by atoms with Crippen molar-refractivity contribution in [1.29, 1.82) is 0 Å². The van der Waals surface area contributed by atoms with Gasteiger partial charge in [-0.1, -0.05) is 0 Å². The van der Waals surface area contributed by atoms with E-state index in [2.05, 4.69) is 44.8 Å². The standard InChI is InChI=1S/C15H17IN4/c1-2-18-15-13(16)14(11-3-4-11)19-12(20-15)9-10-5-7-17-8-6-10/h5-8,11H,2-4,9H2,1H3,(H,18,19,20). The molecule has 0 aliphatic heterocycles. The van der Waals surface area contributed by atoms with Crippen molar-refractivity contribution >= 4 is 28.4 Å². The van der Waals surface area contributed by atoms with Gasteiger partial charge in [0.15, 0.2) is 0 Å². The first kappa shape index (κ1) is 13.7. The van der Waals surface area contributed by atoms with Crippen LogP contribution in [0.5, 0.6) is 0 Å². The molecule has 0 spiro atoms. The zero-order chi connectivity index (χ0) is 13.9. The first-order chi connectivity index (χ1) is 9.78. The number of rotatable bonds is 5. The summed E-state index contributed by atoms with van der Waals surface area (Å²) in [4.78, 5) is 13.5. The van der Waals surface area contributed by atoms with Crippen LogP contribution in [0.1, 0.15) is 42.8 Å². The van der Waals surface area contributed by atoms with Gasteiger partial charge in [0.05, 0.1) is 9.26 Å². The highest BCUT2D eigenvalue weighted by molar-refractivity contribution is 14.1. The minimum Gasteiger partial charge on any atom is -0.369 e. The predicted octanol–water partition coefficient (Wildman–Crippen LogP) is 3.38. The highest BCUT2D eigenvalue weighted by atomic mass is 127. The van der Waals surface area contributed by atoms with E-state index in [1.165, 1.54) is 27.7 Å². The number of halogens is 1. The monoisotopic (exact) mass is 380 g/mol. The van der Waals surface area contributed by atoms with Crippen molar-refractivity contribution in [2.45, 2.75) is 32.1 Å². The van der Waals surface area contributed by atoms with Gasteiger partial charge >= 0.3 is 0 Å². The van der Waals surface area contributed by atoms with Crippen molar-refractivity contribution in [1.82, 2.24) is 15.0 Å².